The van der Waals surface area contributed by atoms with Crippen LogP contribution in [0, 0.1) is 5.92 Å². The summed E-state index contributed by atoms with van der Waals surface area (Å²) in [6.07, 6.45) is 0.743. The maximum absolute atomic E-state index is 10.1. The molecule has 0 aliphatic heterocycles. The molecule has 1 aromatic rings. The van der Waals surface area contributed by atoms with Crippen molar-refractivity contribution < 1.29 is 9.84 Å². The van der Waals surface area contributed by atoms with E-state index in [0.29, 0.717) is 5.92 Å². The molecule has 2 nitrogen and oxygen atoms in total. The monoisotopic (exact) mass is 262 g/mol. The van der Waals surface area contributed by atoms with Crippen LogP contribution in [0.25, 0.3) is 0 Å². The molecule has 0 spiro atoms. The van der Waals surface area contributed by atoms with Crippen molar-refractivity contribution >= 4 is 0 Å². The Hall–Kier alpha value is -0.860. The molecule has 0 aromatic heterocycles. The van der Waals surface area contributed by atoms with Gasteiger partial charge in [0.25, 0.3) is 0 Å². The first-order valence-corrected chi connectivity index (χ1v) is 7.13. The molecule has 0 amide bonds. The van der Waals surface area contributed by atoms with Crippen LogP contribution in [0.2, 0.25) is 0 Å². The molecule has 0 heterocycles. The second-order valence-electron chi connectivity index (χ2n) is 6.90. The van der Waals surface area contributed by atoms with Crippen LogP contribution in [-0.4, -0.2) is 12.2 Å². The summed E-state index contributed by atoms with van der Waals surface area (Å²) < 4.78 is 5.67. The molecule has 1 N–H and O–H groups in total. The van der Waals surface area contributed by atoms with Crippen molar-refractivity contribution in [2.45, 2.75) is 58.7 Å². The molecule has 3 atom stereocenters. The summed E-state index contributed by atoms with van der Waals surface area (Å²) in [5.74, 6) is 0.479. The van der Waals surface area contributed by atoms with Crippen molar-refractivity contribution in [3.63, 3.8) is 0 Å². The zero-order valence-corrected chi connectivity index (χ0v) is 12.9. The number of aliphatic hydroxyl groups is 1. The number of fused-ring (bicyclic) bond motifs is 1. The summed E-state index contributed by atoms with van der Waals surface area (Å²) in [5, 5.41) is 10.1. The molecule has 0 bridgehead atoms. The smallest absolute Gasteiger partial charge is 0.0852 e. The molecule has 1 aliphatic carbocycles. The van der Waals surface area contributed by atoms with Crippen LogP contribution in [0.4, 0.5) is 0 Å². The fraction of sp³-hybridized carbons (Fsp3) is 0.647. The quantitative estimate of drug-likeness (QED) is 0.875. The summed E-state index contributed by atoms with van der Waals surface area (Å²) in [7, 11) is 1.78. The maximum atomic E-state index is 10.1. The first-order chi connectivity index (χ1) is 8.75. The second-order valence-corrected chi connectivity index (χ2v) is 6.90. The highest BCUT2D eigenvalue weighted by molar-refractivity contribution is 5.47. The standard InChI is InChI=1S/C17H26O2/c1-10-7-14-13(11(2)18)8-12(17(3,4)5)9-15(14)16(10)19-6/h8-11,16,18H,7H2,1-6H3. The number of aliphatic hydroxyl groups excluding tert-OH is 1. The van der Waals surface area contributed by atoms with E-state index in [1.165, 1.54) is 16.7 Å². The molecule has 0 saturated carbocycles. The lowest BCUT2D eigenvalue weighted by Gasteiger charge is -2.24. The van der Waals surface area contributed by atoms with E-state index >= 15 is 0 Å². The fourth-order valence-corrected chi connectivity index (χ4v) is 3.11. The highest BCUT2D eigenvalue weighted by Gasteiger charge is 2.33. The van der Waals surface area contributed by atoms with Gasteiger partial charge in [-0.05, 0) is 46.9 Å². The van der Waals surface area contributed by atoms with Crippen LogP contribution in [-0.2, 0) is 16.6 Å². The minimum absolute atomic E-state index is 0.0861. The van der Waals surface area contributed by atoms with Gasteiger partial charge in [-0.2, -0.15) is 0 Å². The highest BCUT2D eigenvalue weighted by atomic mass is 16.5. The Morgan fingerprint density at radius 3 is 2.42 bits per heavy atom. The average molecular weight is 262 g/mol. The molecule has 2 heteroatoms. The number of methoxy groups -OCH3 is 1. The molecule has 1 aromatic carbocycles. The van der Waals surface area contributed by atoms with Gasteiger partial charge in [0.2, 0.25) is 0 Å². The average Bonchev–Trinajstić information content (AvgIpc) is 2.61. The lowest BCUT2D eigenvalue weighted by Crippen LogP contribution is -2.14. The molecule has 2 rings (SSSR count). The minimum Gasteiger partial charge on any atom is -0.389 e. The summed E-state index contributed by atoms with van der Waals surface area (Å²) in [4.78, 5) is 0. The van der Waals surface area contributed by atoms with Crippen LogP contribution in [0.1, 0.15) is 69.1 Å². The normalized spacial score (nSPS) is 24.4. The molecular formula is C17H26O2. The fourth-order valence-electron chi connectivity index (χ4n) is 3.11. The predicted octanol–water partition coefficient (Wildman–Crippen LogP) is 3.92. The van der Waals surface area contributed by atoms with Crippen LogP contribution in [0.3, 0.4) is 0 Å². The molecule has 106 valence electrons. The van der Waals surface area contributed by atoms with Crippen LogP contribution >= 0.6 is 0 Å². The lowest BCUT2D eigenvalue weighted by molar-refractivity contribution is 0.0694. The summed E-state index contributed by atoms with van der Waals surface area (Å²) in [6, 6.07) is 4.45. The van der Waals surface area contributed by atoms with Gasteiger partial charge in [-0.15, -0.1) is 0 Å². The first-order valence-electron chi connectivity index (χ1n) is 7.13. The Morgan fingerprint density at radius 1 is 1.32 bits per heavy atom. The van der Waals surface area contributed by atoms with Crippen molar-refractivity contribution in [2.24, 2.45) is 5.92 Å². The van der Waals surface area contributed by atoms with E-state index in [2.05, 4.69) is 39.8 Å². The van der Waals surface area contributed by atoms with Crippen molar-refractivity contribution in [1.82, 2.24) is 0 Å². The van der Waals surface area contributed by atoms with Gasteiger partial charge in [0.05, 0.1) is 12.2 Å². The van der Waals surface area contributed by atoms with Gasteiger partial charge in [-0.25, -0.2) is 0 Å². The molecule has 0 fully saturated rings. The van der Waals surface area contributed by atoms with Gasteiger partial charge < -0.3 is 9.84 Å². The topological polar surface area (TPSA) is 29.5 Å². The van der Waals surface area contributed by atoms with Crippen molar-refractivity contribution in [3.05, 3.63) is 34.4 Å². The number of hydrogen-bond acceptors (Lipinski definition) is 2. The van der Waals surface area contributed by atoms with E-state index in [1.54, 1.807) is 7.11 Å². The predicted molar refractivity (Wildman–Crippen MR) is 78.4 cm³/mol. The summed E-state index contributed by atoms with van der Waals surface area (Å²) in [6.45, 7) is 10.7. The Kier molecular flexibility index (Phi) is 3.76. The maximum Gasteiger partial charge on any atom is 0.0852 e. The van der Waals surface area contributed by atoms with Crippen molar-refractivity contribution in [3.8, 4) is 0 Å². The van der Waals surface area contributed by atoms with E-state index < -0.39 is 6.10 Å². The van der Waals surface area contributed by atoms with E-state index in [-0.39, 0.29) is 11.5 Å². The third-order valence-corrected chi connectivity index (χ3v) is 4.24. The molecular weight excluding hydrogens is 236 g/mol. The van der Waals surface area contributed by atoms with Gasteiger partial charge in [-0.3, -0.25) is 0 Å². The largest absolute Gasteiger partial charge is 0.389 e. The Morgan fingerprint density at radius 2 is 1.95 bits per heavy atom. The lowest BCUT2D eigenvalue weighted by atomic mass is 9.83. The van der Waals surface area contributed by atoms with Gasteiger partial charge in [0.15, 0.2) is 0 Å². The first kappa shape index (κ1) is 14.5. The van der Waals surface area contributed by atoms with E-state index in [4.69, 9.17) is 4.74 Å². The number of hydrogen-bond donors (Lipinski definition) is 1. The van der Waals surface area contributed by atoms with Gasteiger partial charge in [-0.1, -0.05) is 39.8 Å². The number of benzene rings is 1. The number of rotatable bonds is 2. The van der Waals surface area contributed by atoms with Crippen molar-refractivity contribution in [1.29, 1.82) is 0 Å². The number of ether oxygens (including phenoxy) is 1. The zero-order chi connectivity index (χ0) is 14.4. The Labute approximate surface area is 116 Å². The third-order valence-electron chi connectivity index (χ3n) is 4.24. The van der Waals surface area contributed by atoms with Crippen LogP contribution in [0.15, 0.2) is 12.1 Å². The van der Waals surface area contributed by atoms with E-state index in [0.717, 1.165) is 12.0 Å². The minimum atomic E-state index is -0.418. The SMILES string of the molecule is COC1c2cc(C(C)(C)C)cc(C(C)O)c2CC1C. The summed E-state index contributed by atoms with van der Waals surface area (Å²) in [5.41, 5.74) is 5.01. The molecule has 0 radical (unpaired) electrons. The van der Waals surface area contributed by atoms with Crippen LogP contribution in [0.5, 0.6) is 0 Å². The molecule has 19 heavy (non-hydrogen) atoms. The van der Waals surface area contributed by atoms with E-state index in [9.17, 15) is 5.11 Å². The molecule has 3 unspecified atom stereocenters. The third kappa shape index (κ3) is 2.56. The molecule has 0 saturated heterocycles. The highest BCUT2D eigenvalue weighted by Crippen LogP contribution is 2.43. The zero-order valence-electron chi connectivity index (χ0n) is 12.9. The van der Waals surface area contributed by atoms with Gasteiger partial charge in [0.1, 0.15) is 0 Å². The van der Waals surface area contributed by atoms with Crippen molar-refractivity contribution in [2.75, 3.05) is 7.11 Å². The van der Waals surface area contributed by atoms with Gasteiger partial charge >= 0.3 is 0 Å². The van der Waals surface area contributed by atoms with Crippen LogP contribution < -0.4 is 0 Å². The van der Waals surface area contributed by atoms with Gasteiger partial charge in [0, 0.05) is 7.11 Å². The Balaban J connectivity index is 2.62. The summed E-state index contributed by atoms with van der Waals surface area (Å²) >= 11 is 0. The van der Waals surface area contributed by atoms with E-state index in [1.807, 2.05) is 6.92 Å². The second kappa shape index (κ2) is 4.92. The Bertz CT molecular complexity index is 469. The molecule has 1 aliphatic rings.